The minimum Gasteiger partial charge on any atom is -0.465 e. The van der Waals surface area contributed by atoms with Crippen molar-refractivity contribution in [3.63, 3.8) is 0 Å². The van der Waals surface area contributed by atoms with E-state index in [0.29, 0.717) is 0 Å². The van der Waals surface area contributed by atoms with E-state index in [4.69, 9.17) is 10.2 Å². The van der Waals surface area contributed by atoms with Crippen molar-refractivity contribution in [3.8, 4) is 0 Å². The fraction of sp³-hybridized carbons (Fsp3) is 0.667. The van der Waals surface area contributed by atoms with Crippen molar-refractivity contribution in [2.75, 3.05) is 0 Å². The maximum Gasteiger partial charge on any atom is 0.118 e. The molecule has 1 heterocycles. The van der Waals surface area contributed by atoms with Crippen LogP contribution in [0.25, 0.3) is 0 Å². The van der Waals surface area contributed by atoms with Crippen LogP contribution < -0.4 is 5.73 Å². The van der Waals surface area contributed by atoms with Gasteiger partial charge >= 0.3 is 0 Å². The lowest BCUT2D eigenvalue weighted by atomic mass is 10.2. The summed E-state index contributed by atoms with van der Waals surface area (Å²) in [6.45, 7) is 7.68. The summed E-state index contributed by atoms with van der Waals surface area (Å²) >= 11 is 1.66. The van der Waals surface area contributed by atoms with Gasteiger partial charge in [-0.15, -0.1) is 11.8 Å². The van der Waals surface area contributed by atoms with E-state index in [1.54, 1.807) is 18.7 Å². The molecule has 0 radical (unpaired) electrons. The van der Waals surface area contributed by atoms with Crippen LogP contribution in [0.1, 0.15) is 37.5 Å². The third-order valence-corrected chi connectivity index (χ3v) is 4.34. The van der Waals surface area contributed by atoms with Crippen LogP contribution in [0.15, 0.2) is 16.5 Å². The van der Waals surface area contributed by atoms with E-state index >= 15 is 0 Å². The Bertz CT molecular complexity index is 323. The van der Waals surface area contributed by atoms with Crippen molar-refractivity contribution in [2.24, 2.45) is 5.73 Å². The highest BCUT2D eigenvalue weighted by atomic mass is 32.2. The minimum absolute atomic E-state index is 0.00301. The van der Waals surface area contributed by atoms with Gasteiger partial charge in [0.25, 0.3) is 0 Å². The zero-order valence-electron chi connectivity index (χ0n) is 10.3. The smallest absolute Gasteiger partial charge is 0.118 e. The maximum atomic E-state index is 9.51. The van der Waals surface area contributed by atoms with Crippen LogP contribution in [-0.4, -0.2) is 22.5 Å². The Morgan fingerprint density at radius 1 is 1.31 bits per heavy atom. The number of aryl methyl sites for hydroxylation is 1. The van der Waals surface area contributed by atoms with Gasteiger partial charge in [-0.1, -0.05) is 6.92 Å². The lowest BCUT2D eigenvalue weighted by Gasteiger charge is -2.23. The Morgan fingerprint density at radius 3 is 2.31 bits per heavy atom. The molecule has 1 aromatic heterocycles. The number of furan rings is 1. The summed E-state index contributed by atoms with van der Waals surface area (Å²) in [5.74, 6) is 1.79. The number of hydrogen-bond donors (Lipinski definition) is 2. The summed E-state index contributed by atoms with van der Waals surface area (Å²) in [5, 5.41) is 9.75. The lowest BCUT2D eigenvalue weighted by molar-refractivity contribution is 0.196. The average molecular weight is 243 g/mol. The van der Waals surface area contributed by atoms with Crippen LogP contribution in [0.3, 0.4) is 0 Å². The molecule has 0 aliphatic carbocycles. The number of thioether (sulfide) groups is 1. The second-order valence-corrected chi connectivity index (χ2v) is 5.83. The SMILES string of the molecule is Cc1ccc(C(SC(C)C(C)O)C(C)N)o1. The number of rotatable bonds is 5. The Kier molecular flexibility index (Phi) is 4.89. The van der Waals surface area contributed by atoms with Crippen LogP contribution >= 0.6 is 11.8 Å². The van der Waals surface area contributed by atoms with Gasteiger partial charge in [-0.25, -0.2) is 0 Å². The normalized spacial score (nSPS) is 19.1. The summed E-state index contributed by atoms with van der Waals surface area (Å²) in [6, 6.07) is 3.90. The van der Waals surface area contributed by atoms with Crippen molar-refractivity contribution in [3.05, 3.63) is 23.7 Å². The molecule has 3 nitrogen and oxygen atoms in total. The molecule has 0 aliphatic heterocycles. The molecule has 0 saturated carbocycles. The van der Waals surface area contributed by atoms with Gasteiger partial charge in [0.2, 0.25) is 0 Å². The zero-order valence-corrected chi connectivity index (χ0v) is 11.1. The molecule has 0 amide bonds. The van der Waals surface area contributed by atoms with Crippen LogP contribution in [0.2, 0.25) is 0 Å². The minimum atomic E-state index is -0.345. The van der Waals surface area contributed by atoms with Crippen molar-refractivity contribution in [2.45, 2.75) is 50.3 Å². The molecule has 16 heavy (non-hydrogen) atoms. The van der Waals surface area contributed by atoms with E-state index < -0.39 is 0 Å². The highest BCUT2D eigenvalue weighted by molar-refractivity contribution is 8.00. The molecule has 1 aromatic rings. The largest absolute Gasteiger partial charge is 0.465 e. The Labute approximate surface area is 101 Å². The van der Waals surface area contributed by atoms with E-state index in [-0.39, 0.29) is 22.6 Å². The van der Waals surface area contributed by atoms with E-state index in [1.165, 1.54) is 0 Å². The van der Waals surface area contributed by atoms with Crippen molar-refractivity contribution in [1.82, 2.24) is 0 Å². The highest BCUT2D eigenvalue weighted by Crippen LogP contribution is 2.36. The number of aliphatic hydroxyl groups excluding tert-OH is 1. The summed E-state index contributed by atoms with van der Waals surface area (Å²) in [4.78, 5) is 0. The first-order valence-corrected chi connectivity index (χ1v) is 6.51. The van der Waals surface area contributed by atoms with Crippen molar-refractivity contribution in [1.29, 1.82) is 0 Å². The molecule has 3 N–H and O–H groups in total. The average Bonchev–Trinajstić information content (AvgIpc) is 2.59. The van der Waals surface area contributed by atoms with Gasteiger partial charge in [0.15, 0.2) is 0 Å². The number of aliphatic hydroxyl groups is 1. The molecule has 4 unspecified atom stereocenters. The fourth-order valence-electron chi connectivity index (χ4n) is 1.40. The van der Waals surface area contributed by atoms with E-state index in [9.17, 15) is 5.11 Å². The highest BCUT2D eigenvalue weighted by Gasteiger charge is 2.24. The van der Waals surface area contributed by atoms with Crippen LogP contribution in [0.4, 0.5) is 0 Å². The molecular formula is C12H21NO2S. The Hall–Kier alpha value is -0.450. The second kappa shape index (κ2) is 5.75. The molecule has 0 spiro atoms. The molecular weight excluding hydrogens is 222 g/mol. The molecule has 0 aromatic carbocycles. The summed E-state index contributed by atoms with van der Waals surface area (Å²) in [5.41, 5.74) is 5.96. The first-order chi connectivity index (χ1) is 7.41. The van der Waals surface area contributed by atoms with E-state index in [0.717, 1.165) is 11.5 Å². The molecule has 0 fully saturated rings. The quantitative estimate of drug-likeness (QED) is 0.834. The maximum absolute atomic E-state index is 9.51. The van der Waals surface area contributed by atoms with Gasteiger partial charge in [-0.05, 0) is 32.9 Å². The van der Waals surface area contributed by atoms with E-state index in [2.05, 4.69) is 0 Å². The van der Waals surface area contributed by atoms with Gasteiger partial charge in [-0.2, -0.15) is 0 Å². The van der Waals surface area contributed by atoms with Crippen LogP contribution in [0.5, 0.6) is 0 Å². The van der Waals surface area contributed by atoms with Gasteiger partial charge in [0.05, 0.1) is 11.4 Å². The third-order valence-electron chi connectivity index (χ3n) is 2.56. The molecule has 92 valence electrons. The predicted octanol–water partition coefficient (Wildman–Crippen LogP) is 2.48. The van der Waals surface area contributed by atoms with Gasteiger partial charge in [-0.3, -0.25) is 0 Å². The van der Waals surface area contributed by atoms with Gasteiger partial charge in [0.1, 0.15) is 11.5 Å². The first kappa shape index (κ1) is 13.6. The molecule has 0 saturated heterocycles. The molecule has 0 bridgehead atoms. The fourth-order valence-corrected chi connectivity index (χ4v) is 2.60. The first-order valence-electron chi connectivity index (χ1n) is 5.57. The number of hydrogen-bond acceptors (Lipinski definition) is 4. The zero-order chi connectivity index (χ0) is 12.3. The summed E-state index contributed by atoms with van der Waals surface area (Å²) < 4.78 is 5.61. The molecule has 4 heteroatoms. The van der Waals surface area contributed by atoms with Crippen LogP contribution in [0, 0.1) is 6.92 Å². The lowest BCUT2D eigenvalue weighted by Crippen LogP contribution is -2.26. The summed E-state index contributed by atoms with van der Waals surface area (Å²) in [6.07, 6.45) is -0.345. The standard InChI is InChI=1S/C12H21NO2S/c1-7-5-6-11(15-7)12(8(2)13)16-10(4)9(3)14/h5-6,8-10,12,14H,13H2,1-4H3. The molecule has 0 aliphatic rings. The second-order valence-electron chi connectivity index (χ2n) is 4.31. The molecule has 4 atom stereocenters. The topological polar surface area (TPSA) is 59.4 Å². The van der Waals surface area contributed by atoms with Crippen molar-refractivity contribution < 1.29 is 9.52 Å². The van der Waals surface area contributed by atoms with E-state index in [1.807, 2.05) is 32.9 Å². The Morgan fingerprint density at radius 2 is 1.94 bits per heavy atom. The third kappa shape index (κ3) is 3.54. The van der Waals surface area contributed by atoms with Crippen LogP contribution in [-0.2, 0) is 0 Å². The Balaban J connectivity index is 2.76. The predicted molar refractivity (Wildman–Crippen MR) is 68.6 cm³/mol. The molecule has 1 rings (SSSR count). The van der Waals surface area contributed by atoms with Gasteiger partial charge < -0.3 is 15.3 Å². The van der Waals surface area contributed by atoms with Gasteiger partial charge in [0, 0.05) is 11.3 Å². The number of nitrogens with two attached hydrogens (primary N) is 1. The monoisotopic (exact) mass is 243 g/mol. The summed E-state index contributed by atoms with van der Waals surface area (Å²) in [7, 11) is 0. The van der Waals surface area contributed by atoms with Crippen molar-refractivity contribution >= 4 is 11.8 Å².